The zero-order valence-electron chi connectivity index (χ0n) is 17.8. The van der Waals surface area contributed by atoms with Gasteiger partial charge in [0.05, 0.1) is 30.9 Å². The number of anilines is 1. The van der Waals surface area contributed by atoms with Gasteiger partial charge in [-0.25, -0.2) is 4.79 Å². The largest absolute Gasteiger partial charge is 0.485 e. The van der Waals surface area contributed by atoms with Crippen LogP contribution in [0.3, 0.4) is 0 Å². The van der Waals surface area contributed by atoms with Crippen LogP contribution in [0.5, 0.6) is 5.75 Å². The van der Waals surface area contributed by atoms with Crippen molar-refractivity contribution in [2.75, 3.05) is 18.4 Å². The summed E-state index contributed by atoms with van der Waals surface area (Å²) >= 11 is 0. The summed E-state index contributed by atoms with van der Waals surface area (Å²) in [7, 11) is -10.0. The van der Waals surface area contributed by atoms with Crippen LogP contribution in [0.2, 0.25) is 0 Å². The van der Waals surface area contributed by atoms with Crippen molar-refractivity contribution in [2.24, 2.45) is 0 Å². The number of aliphatic hydroxyl groups is 1. The number of amides is 3. The highest BCUT2D eigenvalue weighted by atomic mass is 32.5. The van der Waals surface area contributed by atoms with E-state index >= 15 is 0 Å². The Hall–Kier alpha value is -3.06. The molecule has 2 unspecified atom stereocenters. The van der Waals surface area contributed by atoms with E-state index in [1.165, 1.54) is 11.8 Å². The first kappa shape index (κ1) is 24.1. The van der Waals surface area contributed by atoms with Gasteiger partial charge in [-0.15, -0.1) is 0 Å². The zero-order chi connectivity index (χ0) is 25.0. The summed E-state index contributed by atoms with van der Waals surface area (Å²) in [5, 5.41) is 14.9. The Kier molecular flexibility index (Phi) is 5.29. The van der Waals surface area contributed by atoms with E-state index < -0.39 is 45.1 Å². The van der Waals surface area contributed by atoms with Crippen molar-refractivity contribution in [1.29, 1.82) is 0 Å². The minimum Gasteiger partial charge on any atom is -0.485 e. The Morgan fingerprint density at radius 2 is 1.76 bits per heavy atom. The Morgan fingerprint density at radius 1 is 1.09 bits per heavy atom. The number of urea groups is 1. The molecule has 0 bridgehead atoms. The van der Waals surface area contributed by atoms with Crippen molar-refractivity contribution in [3.05, 3.63) is 53.6 Å². The second kappa shape index (κ2) is 7.47. The van der Waals surface area contributed by atoms with Gasteiger partial charge in [0, 0.05) is 13.3 Å². The molecule has 0 saturated carbocycles. The quantitative estimate of drug-likeness (QED) is 0.511. The highest BCUT2D eigenvalue weighted by molar-refractivity contribution is 8.45. The molecule has 13 heteroatoms. The maximum Gasteiger partial charge on any atom is 0.319 e. The summed E-state index contributed by atoms with van der Waals surface area (Å²) < 4.78 is 72.4. The SMILES string of the molecule is CC(=O)N1CC(Oc2ccc(S(F)(F)(F)(F)F)cc2NC(=O)NC2c3ccccc3CC2O)C1. The van der Waals surface area contributed by atoms with E-state index in [0.717, 1.165) is 5.56 Å². The van der Waals surface area contributed by atoms with Crippen LogP contribution in [0.1, 0.15) is 24.1 Å². The Balaban J connectivity index is 1.57. The fraction of sp³-hybridized carbons (Fsp3) is 0.333. The fourth-order valence-electron chi connectivity index (χ4n) is 3.95. The molecule has 1 heterocycles. The molecule has 186 valence electrons. The number of likely N-dealkylation sites (tertiary alicyclic amines) is 1. The second-order valence-electron chi connectivity index (χ2n) is 8.34. The third-order valence-electron chi connectivity index (χ3n) is 5.72. The minimum absolute atomic E-state index is 0.122. The molecule has 34 heavy (non-hydrogen) atoms. The number of benzene rings is 2. The number of nitrogens with zero attached hydrogens (tertiary/aromatic N) is 1. The number of hydrogen-bond donors (Lipinski definition) is 3. The molecule has 3 N–H and O–H groups in total. The first-order chi connectivity index (χ1) is 15.6. The van der Waals surface area contributed by atoms with Gasteiger partial charge in [0.2, 0.25) is 5.91 Å². The van der Waals surface area contributed by atoms with Gasteiger partial charge < -0.3 is 25.4 Å². The number of fused-ring (bicyclic) bond motifs is 1. The molecule has 4 rings (SSSR count). The van der Waals surface area contributed by atoms with Crippen molar-refractivity contribution in [3.63, 3.8) is 0 Å². The van der Waals surface area contributed by atoms with E-state index in [4.69, 9.17) is 4.74 Å². The Labute approximate surface area is 191 Å². The van der Waals surface area contributed by atoms with E-state index in [-0.39, 0.29) is 43.3 Å². The molecule has 0 radical (unpaired) electrons. The van der Waals surface area contributed by atoms with Gasteiger partial charge in [-0.3, -0.25) is 4.79 Å². The molecule has 1 fully saturated rings. The van der Waals surface area contributed by atoms with Crippen LogP contribution in [-0.2, 0) is 11.2 Å². The van der Waals surface area contributed by atoms with E-state index in [2.05, 4.69) is 10.6 Å². The average molecular weight is 507 g/mol. The van der Waals surface area contributed by atoms with Gasteiger partial charge in [-0.05, 0) is 29.3 Å². The summed E-state index contributed by atoms with van der Waals surface area (Å²) in [6, 6.07) is 6.10. The number of rotatable bonds is 5. The van der Waals surface area contributed by atoms with Crippen LogP contribution in [0.25, 0.3) is 0 Å². The molecule has 3 amide bonds. The lowest BCUT2D eigenvalue weighted by molar-refractivity contribution is -0.137. The van der Waals surface area contributed by atoms with E-state index in [0.29, 0.717) is 11.6 Å². The summed E-state index contributed by atoms with van der Waals surface area (Å²) in [6.07, 6.45) is -1.28. The Morgan fingerprint density at radius 3 is 2.41 bits per heavy atom. The minimum atomic E-state index is -10.0. The van der Waals surface area contributed by atoms with Gasteiger partial charge in [0.15, 0.2) is 0 Å². The summed E-state index contributed by atoms with van der Waals surface area (Å²) in [5.41, 5.74) is 0.818. The second-order valence-corrected chi connectivity index (χ2v) is 10.7. The van der Waals surface area contributed by atoms with Crippen LogP contribution in [-0.4, -0.2) is 47.2 Å². The van der Waals surface area contributed by atoms with Gasteiger partial charge in [0.25, 0.3) is 0 Å². The lowest BCUT2D eigenvalue weighted by atomic mass is 10.1. The van der Waals surface area contributed by atoms with Crippen molar-refractivity contribution in [2.45, 2.75) is 36.5 Å². The van der Waals surface area contributed by atoms with Gasteiger partial charge in [-0.2, -0.15) is 0 Å². The maximum absolute atomic E-state index is 13.4. The van der Waals surface area contributed by atoms with Crippen LogP contribution in [0, 0.1) is 0 Å². The Bertz CT molecular complexity index is 1160. The summed E-state index contributed by atoms with van der Waals surface area (Å²) in [6.45, 7) is 1.66. The lowest BCUT2D eigenvalue weighted by Gasteiger charge is -2.41. The average Bonchev–Trinajstić information content (AvgIpc) is 2.98. The normalized spacial score (nSPS) is 22.1. The molecular formula is C21H22F5N3O4S. The monoisotopic (exact) mass is 507 g/mol. The van der Waals surface area contributed by atoms with Gasteiger partial charge >= 0.3 is 16.3 Å². The van der Waals surface area contributed by atoms with Gasteiger partial charge in [0.1, 0.15) is 16.7 Å². The summed E-state index contributed by atoms with van der Waals surface area (Å²) in [4.78, 5) is 23.2. The van der Waals surface area contributed by atoms with E-state index in [1.807, 2.05) is 0 Å². The number of halogens is 5. The van der Waals surface area contributed by atoms with Gasteiger partial charge in [-0.1, -0.05) is 43.7 Å². The molecule has 2 aliphatic rings. The topological polar surface area (TPSA) is 90.9 Å². The molecule has 0 aromatic heterocycles. The first-order valence-corrected chi connectivity index (χ1v) is 12.2. The van der Waals surface area contributed by atoms with Crippen molar-refractivity contribution >= 4 is 27.8 Å². The standard InChI is InChI=1S/C21H22F5N3O4S/c1-12(30)29-10-14(11-29)33-19-7-6-15(34(22,23,24,25)26)9-17(19)27-21(32)28-20-16-5-3-2-4-13(16)8-18(20)31/h2-7,9,14,18,20,31H,8,10-11H2,1H3,(H2,27,28,32). The third-order valence-corrected chi connectivity index (χ3v) is 6.87. The maximum atomic E-state index is 13.4. The predicted octanol–water partition coefficient (Wildman–Crippen LogP) is 4.73. The first-order valence-electron chi connectivity index (χ1n) is 10.2. The molecule has 2 aromatic carbocycles. The molecule has 1 aliphatic carbocycles. The molecule has 2 aromatic rings. The van der Waals surface area contributed by atoms with Crippen LogP contribution >= 0.6 is 10.2 Å². The van der Waals surface area contributed by atoms with Crippen molar-refractivity contribution < 1.29 is 38.9 Å². The molecule has 2 atom stereocenters. The van der Waals surface area contributed by atoms with Crippen LogP contribution in [0.15, 0.2) is 47.4 Å². The number of nitrogens with one attached hydrogen (secondary N) is 2. The highest BCUT2D eigenvalue weighted by Gasteiger charge is 2.65. The number of ether oxygens (including phenoxy) is 1. The van der Waals surface area contributed by atoms with E-state index in [1.54, 1.807) is 24.3 Å². The van der Waals surface area contributed by atoms with Crippen molar-refractivity contribution in [3.8, 4) is 5.75 Å². The van der Waals surface area contributed by atoms with Crippen LogP contribution in [0.4, 0.5) is 29.9 Å². The fourth-order valence-corrected chi connectivity index (χ4v) is 4.61. The molecule has 0 spiro atoms. The molecule has 7 nitrogen and oxygen atoms in total. The van der Waals surface area contributed by atoms with E-state index in [9.17, 15) is 34.1 Å². The highest BCUT2D eigenvalue weighted by Crippen LogP contribution is 3.02. The zero-order valence-corrected chi connectivity index (χ0v) is 18.6. The smallest absolute Gasteiger partial charge is 0.319 e. The van der Waals surface area contributed by atoms with Crippen LogP contribution < -0.4 is 15.4 Å². The summed E-state index contributed by atoms with van der Waals surface area (Å²) in [5.74, 6) is -0.481. The molecule has 1 saturated heterocycles. The molecule has 1 aliphatic heterocycles. The predicted molar refractivity (Wildman–Crippen MR) is 116 cm³/mol. The number of carbonyl (C=O) groups excluding carboxylic acids is 2. The molecular weight excluding hydrogens is 485 g/mol. The number of carbonyl (C=O) groups is 2. The third kappa shape index (κ3) is 5.04. The van der Waals surface area contributed by atoms with Crippen molar-refractivity contribution in [1.82, 2.24) is 10.2 Å². The number of hydrogen-bond acceptors (Lipinski definition) is 4. The lowest BCUT2D eigenvalue weighted by Crippen LogP contribution is -2.55. The number of aliphatic hydroxyl groups excluding tert-OH is 1.